The summed E-state index contributed by atoms with van der Waals surface area (Å²) in [6.07, 6.45) is 1.86. The minimum Gasteiger partial charge on any atom is -0.326 e. The number of imidazole rings is 1. The third kappa shape index (κ3) is 2.74. The fourth-order valence-corrected chi connectivity index (χ4v) is 3.88. The molecule has 1 aliphatic carbocycles. The van der Waals surface area contributed by atoms with Gasteiger partial charge in [0.1, 0.15) is 11.9 Å². The standard InChI is InChI=1S/C20H16ClFN4O2/c21-13-9-11(5-8-14(13)22)23-18(27)10-17-19(28)25(12-6-7-12)20-24-15-3-1-2-4-16(15)26(17)20/h1-5,8-9,12,17H,6-7,10H2,(H,23,27)/t17-/m1/s1. The van der Waals surface area contributed by atoms with E-state index >= 15 is 0 Å². The molecule has 0 spiro atoms. The van der Waals surface area contributed by atoms with Gasteiger partial charge in [0.15, 0.2) is 0 Å². The Balaban J connectivity index is 1.45. The van der Waals surface area contributed by atoms with Crippen LogP contribution >= 0.6 is 11.6 Å². The maximum absolute atomic E-state index is 13.3. The molecule has 0 radical (unpaired) electrons. The normalized spacial score (nSPS) is 18.6. The van der Waals surface area contributed by atoms with Gasteiger partial charge in [-0.2, -0.15) is 0 Å². The Bertz CT molecular complexity index is 1120. The summed E-state index contributed by atoms with van der Waals surface area (Å²) in [6, 6.07) is 11.1. The summed E-state index contributed by atoms with van der Waals surface area (Å²) in [4.78, 5) is 32.0. The second-order valence-electron chi connectivity index (χ2n) is 7.11. The fourth-order valence-electron chi connectivity index (χ4n) is 3.69. The van der Waals surface area contributed by atoms with E-state index in [1.807, 2.05) is 28.8 Å². The number of carbonyl (C=O) groups is 2. The van der Waals surface area contributed by atoms with Crippen molar-refractivity contribution < 1.29 is 14.0 Å². The summed E-state index contributed by atoms with van der Waals surface area (Å²) in [6.45, 7) is 0. The second-order valence-corrected chi connectivity index (χ2v) is 7.51. The number of benzene rings is 2. The average molecular weight is 399 g/mol. The predicted molar refractivity (Wildman–Crippen MR) is 104 cm³/mol. The number of nitrogens with one attached hydrogen (secondary N) is 1. The molecule has 1 N–H and O–H groups in total. The molecule has 0 unspecified atom stereocenters. The van der Waals surface area contributed by atoms with Crippen LogP contribution in [0.1, 0.15) is 25.3 Å². The zero-order valence-corrected chi connectivity index (χ0v) is 15.5. The molecule has 142 valence electrons. The maximum Gasteiger partial charge on any atom is 0.253 e. The zero-order chi connectivity index (χ0) is 19.4. The largest absolute Gasteiger partial charge is 0.326 e. The number of amides is 2. The molecule has 2 aliphatic rings. The molecule has 6 nitrogen and oxygen atoms in total. The van der Waals surface area contributed by atoms with Crippen LogP contribution in [0.3, 0.4) is 0 Å². The quantitative estimate of drug-likeness (QED) is 0.724. The van der Waals surface area contributed by atoms with Gasteiger partial charge in [-0.05, 0) is 43.2 Å². The Morgan fingerprint density at radius 3 is 2.79 bits per heavy atom. The van der Waals surface area contributed by atoms with Crippen LogP contribution in [0.2, 0.25) is 5.02 Å². The number of para-hydroxylation sites is 2. The van der Waals surface area contributed by atoms with E-state index in [1.54, 1.807) is 4.90 Å². The number of rotatable bonds is 4. The second kappa shape index (κ2) is 6.31. The summed E-state index contributed by atoms with van der Waals surface area (Å²) < 4.78 is 15.2. The molecular formula is C20H16ClFN4O2. The number of hydrogen-bond donors (Lipinski definition) is 1. The van der Waals surface area contributed by atoms with E-state index in [2.05, 4.69) is 10.3 Å². The van der Waals surface area contributed by atoms with Gasteiger partial charge in [0.2, 0.25) is 11.9 Å². The highest BCUT2D eigenvalue weighted by atomic mass is 35.5. The summed E-state index contributed by atoms with van der Waals surface area (Å²) >= 11 is 5.77. The molecule has 1 aliphatic heterocycles. The highest BCUT2D eigenvalue weighted by molar-refractivity contribution is 6.31. The van der Waals surface area contributed by atoms with Crippen molar-refractivity contribution in [3.8, 4) is 0 Å². The van der Waals surface area contributed by atoms with Crippen LogP contribution in [0.5, 0.6) is 0 Å². The van der Waals surface area contributed by atoms with E-state index in [0.717, 1.165) is 23.9 Å². The van der Waals surface area contributed by atoms with Gasteiger partial charge < -0.3 is 5.32 Å². The lowest BCUT2D eigenvalue weighted by atomic mass is 10.1. The van der Waals surface area contributed by atoms with Crippen molar-refractivity contribution in [1.82, 2.24) is 9.55 Å². The molecule has 2 amide bonds. The van der Waals surface area contributed by atoms with Crippen molar-refractivity contribution in [2.45, 2.75) is 31.3 Å². The van der Waals surface area contributed by atoms with E-state index < -0.39 is 11.9 Å². The third-order valence-corrected chi connectivity index (χ3v) is 5.41. The molecule has 8 heteroatoms. The Labute approximate surface area is 164 Å². The van der Waals surface area contributed by atoms with E-state index in [4.69, 9.17) is 11.6 Å². The smallest absolute Gasteiger partial charge is 0.253 e. The topological polar surface area (TPSA) is 67.2 Å². The molecular weight excluding hydrogens is 383 g/mol. The maximum atomic E-state index is 13.3. The molecule has 1 fully saturated rings. The molecule has 1 saturated carbocycles. The Kier molecular flexibility index (Phi) is 3.87. The van der Waals surface area contributed by atoms with Crippen molar-refractivity contribution in [2.24, 2.45) is 0 Å². The molecule has 3 aromatic rings. The summed E-state index contributed by atoms with van der Waals surface area (Å²) in [5.41, 5.74) is 2.01. The average Bonchev–Trinajstić information content (AvgIpc) is 3.37. The number of aromatic nitrogens is 2. The lowest BCUT2D eigenvalue weighted by Gasteiger charge is -2.15. The first-order valence-electron chi connectivity index (χ1n) is 9.08. The predicted octanol–water partition coefficient (Wildman–Crippen LogP) is 3.91. The number of fused-ring (bicyclic) bond motifs is 3. The minimum absolute atomic E-state index is 0.0373. The van der Waals surface area contributed by atoms with E-state index in [0.29, 0.717) is 11.6 Å². The van der Waals surface area contributed by atoms with Gasteiger partial charge in [-0.1, -0.05) is 23.7 Å². The molecule has 1 atom stereocenters. The third-order valence-electron chi connectivity index (χ3n) is 5.12. The summed E-state index contributed by atoms with van der Waals surface area (Å²) in [7, 11) is 0. The Morgan fingerprint density at radius 1 is 1.25 bits per heavy atom. The van der Waals surface area contributed by atoms with Crippen molar-refractivity contribution >= 4 is 46.1 Å². The molecule has 1 aromatic heterocycles. The number of hydrogen-bond acceptors (Lipinski definition) is 3. The van der Waals surface area contributed by atoms with Gasteiger partial charge in [0.05, 0.1) is 22.5 Å². The number of anilines is 2. The molecule has 2 aromatic carbocycles. The zero-order valence-electron chi connectivity index (χ0n) is 14.7. The number of halogens is 2. The van der Waals surface area contributed by atoms with Crippen LogP contribution < -0.4 is 10.2 Å². The van der Waals surface area contributed by atoms with Crippen LogP contribution in [-0.4, -0.2) is 27.4 Å². The number of carbonyl (C=O) groups excluding carboxylic acids is 2. The van der Waals surface area contributed by atoms with E-state index in [1.165, 1.54) is 18.2 Å². The van der Waals surface area contributed by atoms with Gasteiger partial charge in [0, 0.05) is 11.7 Å². The van der Waals surface area contributed by atoms with Gasteiger partial charge in [-0.3, -0.25) is 19.1 Å². The molecule has 0 bridgehead atoms. The first-order chi connectivity index (χ1) is 13.5. The number of nitrogens with zero attached hydrogens (tertiary/aromatic N) is 3. The van der Waals surface area contributed by atoms with E-state index in [-0.39, 0.29) is 29.3 Å². The van der Waals surface area contributed by atoms with Crippen LogP contribution in [0.4, 0.5) is 16.0 Å². The van der Waals surface area contributed by atoms with Crippen LogP contribution in [-0.2, 0) is 9.59 Å². The van der Waals surface area contributed by atoms with Crippen LogP contribution in [0.15, 0.2) is 42.5 Å². The lowest BCUT2D eigenvalue weighted by molar-refractivity contribution is -0.124. The van der Waals surface area contributed by atoms with Crippen LogP contribution in [0, 0.1) is 5.82 Å². The molecule has 28 heavy (non-hydrogen) atoms. The molecule has 5 rings (SSSR count). The lowest BCUT2D eigenvalue weighted by Crippen LogP contribution is -2.33. The van der Waals surface area contributed by atoms with Crippen molar-refractivity contribution in [3.63, 3.8) is 0 Å². The highest BCUT2D eigenvalue weighted by Crippen LogP contribution is 2.42. The van der Waals surface area contributed by atoms with E-state index in [9.17, 15) is 14.0 Å². The van der Waals surface area contributed by atoms with Gasteiger partial charge >= 0.3 is 0 Å². The first kappa shape index (κ1) is 17.2. The van der Waals surface area contributed by atoms with Crippen molar-refractivity contribution in [1.29, 1.82) is 0 Å². The Hall–Kier alpha value is -2.93. The fraction of sp³-hybridized carbons (Fsp3) is 0.250. The monoisotopic (exact) mass is 398 g/mol. The first-order valence-corrected chi connectivity index (χ1v) is 9.45. The van der Waals surface area contributed by atoms with Gasteiger partial charge in [0.25, 0.3) is 5.91 Å². The van der Waals surface area contributed by atoms with Gasteiger partial charge in [-0.15, -0.1) is 0 Å². The SMILES string of the molecule is O=C(C[C@@H]1C(=O)N(C2CC2)c2nc3ccccc3n21)Nc1ccc(F)c(Cl)c1. The molecule has 2 heterocycles. The van der Waals surface area contributed by atoms with Crippen molar-refractivity contribution in [3.05, 3.63) is 53.3 Å². The minimum atomic E-state index is -0.654. The summed E-state index contributed by atoms with van der Waals surface area (Å²) in [5, 5.41) is 2.62. The van der Waals surface area contributed by atoms with Crippen LogP contribution in [0.25, 0.3) is 11.0 Å². The Morgan fingerprint density at radius 2 is 2.04 bits per heavy atom. The van der Waals surface area contributed by atoms with Crippen molar-refractivity contribution in [2.75, 3.05) is 10.2 Å². The summed E-state index contributed by atoms with van der Waals surface area (Å²) in [5.74, 6) is -0.401. The molecule has 0 saturated heterocycles. The van der Waals surface area contributed by atoms with Gasteiger partial charge in [-0.25, -0.2) is 9.37 Å². The highest BCUT2D eigenvalue weighted by Gasteiger charge is 2.47.